The number of anilines is 3. The number of imidazole rings is 1. The molecular weight excluding hydrogens is 1100 g/mol. The number of nitrogens with one attached hydrogen (secondary N) is 3. The predicted molar refractivity (Wildman–Crippen MR) is 296 cm³/mol. The van der Waals surface area contributed by atoms with Crippen molar-refractivity contribution in [3.05, 3.63) is 109 Å². The number of carbonyl (C=O) groups excluding carboxylic acids is 2. The molecule has 11 N–H and O–H groups in total. The van der Waals surface area contributed by atoms with Gasteiger partial charge in [-0.15, -0.1) is 0 Å². The topological polar surface area (TPSA) is 367 Å². The van der Waals surface area contributed by atoms with Gasteiger partial charge < -0.3 is 60.7 Å². The van der Waals surface area contributed by atoms with E-state index in [1.54, 1.807) is 11.9 Å². The number of nitrogens with two attached hydrogens (primary N) is 1. The molecule has 0 spiro atoms. The Bertz CT molecular complexity index is 3510. The van der Waals surface area contributed by atoms with Crippen molar-refractivity contribution >= 4 is 69.6 Å². The monoisotopic (exact) mass is 1170 g/mol. The van der Waals surface area contributed by atoms with Crippen LogP contribution in [0.25, 0.3) is 16.7 Å². The van der Waals surface area contributed by atoms with Gasteiger partial charge in [-0.1, -0.05) is 51.0 Å². The Kier molecular flexibility index (Phi) is 18.4. The minimum absolute atomic E-state index is 0.0403. The standard InChI is InChI=1S/C51H69N10O16P3/c1-7-60-25-14-16-30-26-35-37(28-38(30)60)51(2,3)36-27-31(58(4)5)20-21-34(36)41(35)32-17-10-11-18-33(32)47(66)59(6)24-15-19-40(62)53-22-12-8-9-13-23-54-50-55-42-45(56-49(52)57-46(42)65)61(50)48-44(64)43(63)39(75-48)29-74-79(70,71)77-80(72,73)76-78(67,68)69/h10-11,17-18,20-21,26-28,39,43-44,48,63-64H,7-9,12-16,19,22-25,29H2,1-6H3,(H8,52,53,57,62,65,66,67,68,69,70,71,72,73)/p+1/t39-,43-,44-,48-/m1/s1. The molecule has 1 fully saturated rings. The van der Waals surface area contributed by atoms with E-state index in [1.807, 2.05) is 38.4 Å². The summed E-state index contributed by atoms with van der Waals surface area (Å²) in [6, 6.07) is 19.2. The quantitative estimate of drug-likeness (QED) is 0.0241. The SMILES string of the molecule is CC[N+]1=c2cc3c(cc2CCC1)=C(c1ccccc1C(=O)N(C)CCCC(=O)NCCCCCCNc1nc2c(=O)[nH]c(N)nc2n1[C@@H]1O[C@H](COP(=O)(O)OP(=O)(O)OP(=O)(O)O)[C@@H](O)[C@H]1O)c1ccc(N(C)C)cc1C3(C)C. The van der Waals surface area contributed by atoms with Gasteiger partial charge in [0.2, 0.25) is 23.2 Å². The Morgan fingerprint density at radius 1 is 0.912 bits per heavy atom. The number of carbonyl (C=O) groups is 2. The van der Waals surface area contributed by atoms with E-state index in [-0.39, 0.29) is 53.3 Å². The third kappa shape index (κ3) is 13.5. The molecule has 0 radical (unpaired) electrons. The summed E-state index contributed by atoms with van der Waals surface area (Å²) in [5.41, 5.74) is 12.8. The minimum Gasteiger partial charge on any atom is -0.387 e. The summed E-state index contributed by atoms with van der Waals surface area (Å²) >= 11 is 0. The summed E-state index contributed by atoms with van der Waals surface area (Å²) in [6.45, 7) is 8.73. The van der Waals surface area contributed by atoms with Crippen LogP contribution in [0.2, 0.25) is 0 Å². The molecule has 1 aliphatic carbocycles. The zero-order chi connectivity index (χ0) is 58.1. The van der Waals surface area contributed by atoms with E-state index < -0.39 is 60.2 Å². The maximum atomic E-state index is 14.5. The van der Waals surface area contributed by atoms with Gasteiger partial charge >= 0.3 is 23.5 Å². The van der Waals surface area contributed by atoms with Crippen molar-refractivity contribution in [2.45, 2.75) is 102 Å². The average Bonchev–Trinajstić information content (AvgIpc) is 4.04. The van der Waals surface area contributed by atoms with E-state index in [2.05, 4.69) is 99.3 Å². The molecule has 3 aromatic carbocycles. The largest absolute Gasteiger partial charge is 0.490 e. The minimum atomic E-state index is -5.84. The van der Waals surface area contributed by atoms with Gasteiger partial charge in [0.25, 0.3) is 11.5 Å². The highest BCUT2D eigenvalue weighted by Gasteiger charge is 2.48. The molecule has 0 bridgehead atoms. The maximum Gasteiger partial charge on any atom is 0.490 e. The van der Waals surface area contributed by atoms with Gasteiger partial charge in [-0.3, -0.25) is 28.5 Å². The number of phosphoric acid groups is 3. The van der Waals surface area contributed by atoms with Crippen LogP contribution in [0.4, 0.5) is 17.6 Å². The number of hydrogen-bond donors (Lipinski definition) is 10. The summed E-state index contributed by atoms with van der Waals surface area (Å²) < 4.78 is 56.4. The number of aliphatic hydroxyl groups is 2. The molecular formula is C51H70N10O16P3+. The summed E-state index contributed by atoms with van der Waals surface area (Å²) in [7, 11) is -11.3. The van der Waals surface area contributed by atoms with Gasteiger partial charge in [0.1, 0.15) is 31.4 Å². The molecule has 434 valence electrons. The van der Waals surface area contributed by atoms with Gasteiger partial charge in [-0.25, -0.2) is 23.3 Å². The number of ether oxygens (including phenoxy) is 1. The van der Waals surface area contributed by atoms with Crippen LogP contribution in [-0.2, 0) is 48.2 Å². The fourth-order valence-electron chi connectivity index (χ4n) is 10.6. The number of aromatic nitrogens is 4. The molecule has 80 heavy (non-hydrogen) atoms. The second kappa shape index (κ2) is 24.4. The first-order valence-electron chi connectivity index (χ1n) is 26.2. The molecule has 6 atom stereocenters. The van der Waals surface area contributed by atoms with E-state index in [0.717, 1.165) is 64.5 Å². The van der Waals surface area contributed by atoms with Gasteiger partial charge in [0.15, 0.2) is 17.4 Å². The van der Waals surface area contributed by atoms with Gasteiger partial charge in [-0.2, -0.15) is 13.6 Å². The third-order valence-electron chi connectivity index (χ3n) is 14.6. The Hall–Kier alpha value is -5.69. The van der Waals surface area contributed by atoms with Crippen molar-refractivity contribution in [1.82, 2.24) is 34.3 Å². The molecule has 2 aliphatic heterocycles. The van der Waals surface area contributed by atoms with E-state index in [9.17, 15) is 48.1 Å². The number of aliphatic hydroxyl groups excluding tert-OH is 2. The Labute approximate surface area is 460 Å². The van der Waals surface area contributed by atoms with Crippen LogP contribution in [0.5, 0.6) is 0 Å². The number of unbranched alkanes of at least 4 members (excludes halogenated alkanes) is 3. The number of rotatable bonds is 24. The number of nitrogens with zero attached hydrogens (tertiary/aromatic N) is 6. The fraction of sp³-hybridized carbons (Fsp3) is 0.490. The van der Waals surface area contributed by atoms with E-state index in [0.29, 0.717) is 44.3 Å². The number of H-pyrrole nitrogens is 1. The van der Waals surface area contributed by atoms with E-state index >= 15 is 0 Å². The van der Waals surface area contributed by atoms with Crippen molar-refractivity contribution in [3.8, 4) is 0 Å². The molecule has 2 aromatic heterocycles. The van der Waals surface area contributed by atoms with Crippen molar-refractivity contribution in [2.24, 2.45) is 0 Å². The van der Waals surface area contributed by atoms with Crippen LogP contribution >= 0.6 is 23.5 Å². The predicted octanol–water partition coefficient (Wildman–Crippen LogP) is 2.72. The zero-order valence-corrected chi connectivity index (χ0v) is 48.0. The van der Waals surface area contributed by atoms with Crippen molar-refractivity contribution in [2.75, 3.05) is 76.4 Å². The summed E-state index contributed by atoms with van der Waals surface area (Å²) in [5, 5.41) is 30.3. The molecule has 4 heterocycles. The fourth-order valence-corrected chi connectivity index (χ4v) is 13.6. The third-order valence-corrected chi connectivity index (χ3v) is 18.4. The summed E-state index contributed by atoms with van der Waals surface area (Å²) in [4.78, 5) is 91.8. The van der Waals surface area contributed by atoms with Crippen molar-refractivity contribution in [1.29, 1.82) is 0 Å². The second-order valence-electron chi connectivity index (χ2n) is 20.8. The Balaban J connectivity index is 0.837. The van der Waals surface area contributed by atoms with Gasteiger partial charge in [-0.05, 0) is 89.9 Å². The number of amides is 2. The molecule has 3 aliphatic rings. The molecule has 5 aromatic rings. The first-order chi connectivity index (χ1) is 37.7. The van der Waals surface area contributed by atoms with Crippen molar-refractivity contribution < 1.29 is 71.0 Å². The van der Waals surface area contributed by atoms with Crippen LogP contribution in [0, 0.1) is 0 Å². The highest BCUT2D eigenvalue weighted by molar-refractivity contribution is 7.66. The second-order valence-corrected chi connectivity index (χ2v) is 25.2. The van der Waals surface area contributed by atoms with Crippen molar-refractivity contribution in [3.63, 3.8) is 0 Å². The highest BCUT2D eigenvalue weighted by atomic mass is 31.3. The molecule has 29 heteroatoms. The van der Waals surface area contributed by atoms with Crippen LogP contribution in [0.15, 0.2) is 59.4 Å². The number of phosphoric ester groups is 1. The number of benzene rings is 3. The first-order valence-corrected chi connectivity index (χ1v) is 30.8. The van der Waals surface area contributed by atoms with Crippen LogP contribution < -0.4 is 42.0 Å². The van der Waals surface area contributed by atoms with Crippen LogP contribution in [-0.4, -0.2) is 145 Å². The number of nitrogen functional groups attached to an aromatic ring is 1. The van der Waals surface area contributed by atoms with Gasteiger partial charge in [0, 0.05) is 81.9 Å². The maximum absolute atomic E-state index is 14.5. The number of aromatic amines is 1. The molecule has 8 rings (SSSR count). The number of aryl methyl sites for hydroxylation is 1. The molecule has 2 unspecified atom stereocenters. The van der Waals surface area contributed by atoms with Gasteiger partial charge in [0.05, 0.1) is 6.61 Å². The smallest absolute Gasteiger partial charge is 0.387 e. The Morgan fingerprint density at radius 2 is 1.64 bits per heavy atom. The lowest BCUT2D eigenvalue weighted by Crippen LogP contribution is -2.43. The lowest BCUT2D eigenvalue weighted by atomic mass is 9.68. The van der Waals surface area contributed by atoms with Crippen LogP contribution in [0.3, 0.4) is 0 Å². The van der Waals surface area contributed by atoms with Crippen LogP contribution in [0.1, 0.15) is 110 Å². The number of hydrogen-bond acceptors (Lipinski definition) is 17. The lowest BCUT2D eigenvalue weighted by molar-refractivity contribution is -0.121. The molecule has 2 amide bonds. The average molecular weight is 1170 g/mol. The summed E-state index contributed by atoms with van der Waals surface area (Å²) in [6.07, 6.45) is -1.50. The normalized spacial score (nSPS) is 20.1. The molecule has 1 saturated heterocycles. The molecule has 0 saturated carbocycles. The lowest BCUT2D eigenvalue weighted by Gasteiger charge is -2.36. The molecule has 26 nitrogen and oxygen atoms in total. The Morgan fingerprint density at radius 3 is 2.35 bits per heavy atom. The van der Waals surface area contributed by atoms with E-state index in [1.165, 1.54) is 22.0 Å². The highest BCUT2D eigenvalue weighted by Crippen LogP contribution is 2.66. The first kappa shape index (κ1) is 60.4. The summed E-state index contributed by atoms with van der Waals surface area (Å²) in [5.74, 6) is -0.629. The zero-order valence-electron chi connectivity index (χ0n) is 45.3. The van der Waals surface area contributed by atoms with E-state index in [4.69, 9.17) is 20.3 Å². The number of fused-ring (bicyclic) bond motifs is 4.